The molecular formula is C31H32N6O4. The van der Waals surface area contributed by atoms with Crippen LogP contribution in [0.4, 0.5) is 0 Å². The number of hydrogen-bond donors (Lipinski definition) is 3. The molecule has 210 valence electrons. The third-order valence-electron chi connectivity index (χ3n) is 6.68. The van der Waals surface area contributed by atoms with Gasteiger partial charge in [-0.3, -0.25) is 9.55 Å². The van der Waals surface area contributed by atoms with Crippen molar-refractivity contribution in [1.82, 2.24) is 29.5 Å². The summed E-state index contributed by atoms with van der Waals surface area (Å²) in [7, 11) is 1.68. The first-order valence-electron chi connectivity index (χ1n) is 13.4. The number of aryl methyl sites for hydroxylation is 1. The summed E-state index contributed by atoms with van der Waals surface area (Å²) in [4.78, 5) is 39.3. The first-order valence-corrected chi connectivity index (χ1v) is 13.4. The summed E-state index contributed by atoms with van der Waals surface area (Å²) in [5, 5.41) is 0. The van der Waals surface area contributed by atoms with Gasteiger partial charge in [-0.15, -0.1) is 0 Å². The van der Waals surface area contributed by atoms with Gasteiger partial charge >= 0.3 is 11.4 Å². The van der Waals surface area contributed by atoms with Crippen molar-refractivity contribution in [1.29, 1.82) is 0 Å². The summed E-state index contributed by atoms with van der Waals surface area (Å²) in [5.74, 6) is 3.59. The van der Waals surface area contributed by atoms with Gasteiger partial charge in [0.15, 0.2) is 22.8 Å². The highest BCUT2D eigenvalue weighted by molar-refractivity contribution is 5.78. The summed E-state index contributed by atoms with van der Waals surface area (Å²) >= 11 is 0. The molecule has 0 aliphatic carbocycles. The van der Waals surface area contributed by atoms with Crippen LogP contribution in [0.5, 0.6) is 23.0 Å². The van der Waals surface area contributed by atoms with Gasteiger partial charge in [-0.1, -0.05) is 52.0 Å². The Hall–Kier alpha value is -5.12. The van der Waals surface area contributed by atoms with E-state index in [9.17, 15) is 9.59 Å². The number of ether oxygens (including phenoxy) is 2. The van der Waals surface area contributed by atoms with Gasteiger partial charge in [0.25, 0.3) is 0 Å². The molecule has 2 aromatic carbocycles. The lowest BCUT2D eigenvalue weighted by molar-refractivity contribution is 0.486. The van der Waals surface area contributed by atoms with E-state index < -0.39 is 0 Å². The highest BCUT2D eigenvalue weighted by Crippen LogP contribution is 2.29. The van der Waals surface area contributed by atoms with Crippen molar-refractivity contribution in [3.05, 3.63) is 105 Å². The van der Waals surface area contributed by atoms with Crippen LogP contribution in [0.1, 0.15) is 50.7 Å². The standard InChI is InChI=1S/C16H17N3O2.C15H15N3O2/c1-10(2)11-4-6-12(7-5-11)21-13-8-9-17-15-14(13)18-16(20)19(15)3;1-9(2)10-3-5-11(6-4-10)20-12-7-8-16-14-13(12)17-15(19)18-14/h4-10H,1-3H3,(H,18,20);3-9H,1-2H3,(H2,16,17,18,19). The Morgan fingerprint density at radius 1 is 0.659 bits per heavy atom. The normalized spacial score (nSPS) is 11.2. The Bertz CT molecular complexity index is 1890. The van der Waals surface area contributed by atoms with Gasteiger partial charge in [-0.2, -0.15) is 0 Å². The van der Waals surface area contributed by atoms with Gasteiger partial charge < -0.3 is 19.4 Å². The van der Waals surface area contributed by atoms with Crippen molar-refractivity contribution >= 4 is 22.3 Å². The second-order valence-corrected chi connectivity index (χ2v) is 10.3. The first-order chi connectivity index (χ1) is 19.7. The highest BCUT2D eigenvalue weighted by atomic mass is 16.5. The number of aromatic nitrogens is 6. The monoisotopic (exact) mass is 552 g/mol. The maximum Gasteiger partial charge on any atom is 0.327 e. The number of nitrogens with one attached hydrogen (secondary N) is 3. The van der Waals surface area contributed by atoms with E-state index in [4.69, 9.17) is 9.47 Å². The Balaban J connectivity index is 0.000000165. The summed E-state index contributed by atoms with van der Waals surface area (Å²) in [6, 6.07) is 19.4. The quantitative estimate of drug-likeness (QED) is 0.221. The van der Waals surface area contributed by atoms with Crippen LogP contribution < -0.4 is 20.9 Å². The minimum Gasteiger partial charge on any atom is -0.455 e. The Morgan fingerprint density at radius 2 is 1.17 bits per heavy atom. The maximum atomic E-state index is 11.7. The molecule has 4 aromatic heterocycles. The Labute approximate surface area is 236 Å². The molecule has 0 unspecified atom stereocenters. The Kier molecular flexibility index (Phi) is 7.73. The molecular weight excluding hydrogens is 520 g/mol. The number of H-pyrrole nitrogens is 3. The van der Waals surface area contributed by atoms with Gasteiger partial charge in [0.2, 0.25) is 0 Å². The van der Waals surface area contributed by atoms with E-state index in [1.54, 1.807) is 31.6 Å². The second kappa shape index (κ2) is 11.5. The predicted molar refractivity (Wildman–Crippen MR) is 159 cm³/mol. The van der Waals surface area contributed by atoms with E-state index in [0.717, 1.165) is 11.5 Å². The molecule has 0 amide bonds. The number of pyridine rings is 2. The fourth-order valence-electron chi connectivity index (χ4n) is 4.27. The van der Waals surface area contributed by atoms with Crippen LogP contribution in [0.25, 0.3) is 22.3 Å². The third kappa shape index (κ3) is 6.06. The van der Waals surface area contributed by atoms with E-state index in [1.807, 2.05) is 48.5 Å². The molecule has 0 aliphatic rings. The fourth-order valence-corrected chi connectivity index (χ4v) is 4.27. The summed E-state index contributed by atoms with van der Waals surface area (Å²) in [6.07, 6.45) is 3.23. The number of aromatic amines is 3. The molecule has 6 rings (SSSR count). The average Bonchev–Trinajstić information content (AvgIpc) is 3.49. The zero-order valence-electron chi connectivity index (χ0n) is 23.6. The van der Waals surface area contributed by atoms with E-state index in [2.05, 4.69) is 52.6 Å². The molecule has 6 aromatic rings. The van der Waals surface area contributed by atoms with E-state index in [-0.39, 0.29) is 11.4 Å². The van der Waals surface area contributed by atoms with Crippen LogP contribution in [-0.4, -0.2) is 29.5 Å². The minimum atomic E-state index is -0.293. The van der Waals surface area contributed by atoms with Crippen LogP contribution in [0, 0.1) is 0 Å². The van der Waals surface area contributed by atoms with Crippen LogP contribution in [0.2, 0.25) is 0 Å². The fraction of sp³-hybridized carbons (Fsp3) is 0.226. The number of benzene rings is 2. The average molecular weight is 553 g/mol. The zero-order valence-corrected chi connectivity index (χ0v) is 23.6. The second-order valence-electron chi connectivity index (χ2n) is 10.3. The van der Waals surface area contributed by atoms with E-state index in [1.165, 1.54) is 15.7 Å². The predicted octanol–water partition coefficient (Wildman–Crippen LogP) is 6.34. The summed E-state index contributed by atoms with van der Waals surface area (Å²) in [5.41, 5.74) is 4.27. The largest absolute Gasteiger partial charge is 0.455 e. The molecule has 0 atom stereocenters. The number of fused-ring (bicyclic) bond motifs is 2. The van der Waals surface area contributed by atoms with Crippen LogP contribution in [0.3, 0.4) is 0 Å². The van der Waals surface area contributed by atoms with E-state index >= 15 is 0 Å². The molecule has 0 aliphatic heterocycles. The lowest BCUT2D eigenvalue weighted by Crippen LogP contribution is -2.12. The van der Waals surface area contributed by atoms with Crippen molar-refractivity contribution in [3.63, 3.8) is 0 Å². The summed E-state index contributed by atoms with van der Waals surface area (Å²) in [6.45, 7) is 8.59. The lowest BCUT2D eigenvalue weighted by atomic mass is 10.0. The van der Waals surface area contributed by atoms with E-state index in [0.29, 0.717) is 45.7 Å². The minimum absolute atomic E-state index is 0.205. The topological polar surface area (TPSA) is 131 Å². The lowest BCUT2D eigenvalue weighted by Gasteiger charge is -2.09. The first kappa shape index (κ1) is 27.4. The Morgan fingerprint density at radius 3 is 1.71 bits per heavy atom. The molecule has 0 saturated carbocycles. The molecule has 10 nitrogen and oxygen atoms in total. The van der Waals surface area contributed by atoms with Crippen molar-refractivity contribution < 1.29 is 9.47 Å². The molecule has 0 radical (unpaired) electrons. The molecule has 41 heavy (non-hydrogen) atoms. The number of nitrogens with zero attached hydrogens (tertiary/aromatic N) is 3. The van der Waals surface area contributed by atoms with Crippen molar-refractivity contribution in [2.45, 2.75) is 39.5 Å². The molecule has 4 heterocycles. The van der Waals surface area contributed by atoms with Gasteiger partial charge in [0.05, 0.1) is 0 Å². The molecule has 0 saturated heterocycles. The van der Waals surface area contributed by atoms with Crippen LogP contribution in [0.15, 0.2) is 82.6 Å². The van der Waals surface area contributed by atoms with Gasteiger partial charge in [-0.25, -0.2) is 19.6 Å². The van der Waals surface area contributed by atoms with Crippen LogP contribution >= 0.6 is 0 Å². The third-order valence-corrected chi connectivity index (χ3v) is 6.68. The maximum absolute atomic E-state index is 11.7. The number of rotatable bonds is 6. The van der Waals surface area contributed by atoms with Gasteiger partial charge in [0, 0.05) is 31.6 Å². The van der Waals surface area contributed by atoms with Gasteiger partial charge in [0.1, 0.15) is 22.5 Å². The van der Waals surface area contributed by atoms with Crippen molar-refractivity contribution in [2.24, 2.45) is 7.05 Å². The molecule has 10 heteroatoms. The molecule has 0 bridgehead atoms. The summed E-state index contributed by atoms with van der Waals surface area (Å²) < 4.78 is 13.1. The van der Waals surface area contributed by atoms with Crippen molar-refractivity contribution in [2.75, 3.05) is 0 Å². The van der Waals surface area contributed by atoms with Crippen LogP contribution in [-0.2, 0) is 7.05 Å². The number of imidazole rings is 2. The van der Waals surface area contributed by atoms with Gasteiger partial charge in [-0.05, 0) is 47.2 Å². The molecule has 0 fully saturated rings. The van der Waals surface area contributed by atoms with Crippen molar-refractivity contribution in [3.8, 4) is 23.0 Å². The smallest absolute Gasteiger partial charge is 0.327 e. The molecule has 0 spiro atoms. The SMILES string of the molecule is CC(C)c1ccc(Oc2ccnc3[nH]c(=O)[nH]c23)cc1.CC(C)c1ccc(Oc2ccnc3c2[nH]c(=O)n3C)cc1. The highest BCUT2D eigenvalue weighted by Gasteiger charge is 2.11. The molecule has 3 N–H and O–H groups in total. The number of hydrogen-bond acceptors (Lipinski definition) is 6. The zero-order chi connectivity index (χ0) is 29.1.